The zero-order valence-corrected chi connectivity index (χ0v) is 42.2. The lowest BCUT2D eigenvalue weighted by Crippen LogP contribution is -2.26. The molecule has 12 aromatic carbocycles. The predicted molar refractivity (Wildman–Crippen MR) is 321 cm³/mol. The zero-order valence-electron chi connectivity index (χ0n) is 41.4. The second-order valence-electron chi connectivity index (χ2n) is 20.3. The molecule has 0 unspecified atom stereocenters. The predicted octanol–water partition coefficient (Wildman–Crippen LogP) is 20.0. The number of aromatic nitrogens is 1. The van der Waals surface area contributed by atoms with Gasteiger partial charge in [-0.2, -0.15) is 0 Å². The van der Waals surface area contributed by atoms with Crippen LogP contribution in [0.4, 0.5) is 17.1 Å². The fraction of sp³-hybridized carbons (Fsp3) is 0.0137. The molecule has 0 fully saturated rings. The quantitative estimate of drug-likeness (QED) is 0.154. The molecule has 16 rings (SSSR count). The van der Waals surface area contributed by atoms with Gasteiger partial charge in [0.15, 0.2) is 0 Å². The number of thiophene rings is 1. The van der Waals surface area contributed by atoms with Crippen molar-refractivity contribution in [2.24, 2.45) is 0 Å². The molecule has 2 aliphatic rings. The molecule has 2 aliphatic carbocycles. The van der Waals surface area contributed by atoms with Crippen molar-refractivity contribution in [1.29, 1.82) is 0 Å². The Bertz CT molecular complexity index is 4590. The van der Waals surface area contributed by atoms with Gasteiger partial charge in [-0.15, -0.1) is 11.3 Å². The van der Waals surface area contributed by atoms with Crippen molar-refractivity contribution >= 4 is 70.4 Å². The van der Waals surface area contributed by atoms with Gasteiger partial charge in [-0.3, -0.25) is 0 Å². The van der Waals surface area contributed by atoms with E-state index in [9.17, 15) is 0 Å². The van der Waals surface area contributed by atoms with Crippen molar-refractivity contribution in [1.82, 2.24) is 4.57 Å². The third-order valence-corrected chi connectivity index (χ3v) is 17.6. The molecular weight excluding hydrogens is 937 g/mol. The minimum absolute atomic E-state index is 0.461. The van der Waals surface area contributed by atoms with Crippen LogP contribution in [0, 0.1) is 0 Å². The summed E-state index contributed by atoms with van der Waals surface area (Å²) >= 11 is 1.87. The first kappa shape index (κ1) is 42.9. The molecule has 1 spiro atoms. The highest BCUT2D eigenvalue weighted by atomic mass is 32.1. The summed E-state index contributed by atoms with van der Waals surface area (Å²) in [5.74, 6) is 0. The van der Waals surface area contributed by atoms with E-state index in [1.807, 2.05) is 11.3 Å². The van der Waals surface area contributed by atoms with Crippen LogP contribution in [-0.4, -0.2) is 4.57 Å². The maximum Gasteiger partial charge on any atom is 0.0726 e. The lowest BCUT2D eigenvalue weighted by molar-refractivity contribution is 0.793. The molecule has 0 bridgehead atoms. The Balaban J connectivity index is 0.860. The lowest BCUT2D eigenvalue weighted by atomic mass is 9.70. The van der Waals surface area contributed by atoms with E-state index in [1.54, 1.807) is 0 Å². The molecule has 0 atom stereocenters. The van der Waals surface area contributed by atoms with Gasteiger partial charge in [-0.05, 0) is 151 Å². The Hall–Kier alpha value is -9.54. The Morgan fingerprint density at radius 3 is 1.51 bits per heavy atom. The number of nitrogens with zero attached hydrogens (tertiary/aromatic N) is 2. The fourth-order valence-electron chi connectivity index (χ4n) is 13.2. The second kappa shape index (κ2) is 16.7. The minimum atomic E-state index is -0.461. The summed E-state index contributed by atoms with van der Waals surface area (Å²) in [6.07, 6.45) is 0. The van der Waals surface area contributed by atoms with E-state index >= 15 is 0 Å². The van der Waals surface area contributed by atoms with Gasteiger partial charge in [-0.25, -0.2) is 0 Å². The third kappa shape index (κ3) is 6.21. The molecular formula is C73H46N2S. The fourth-order valence-corrected chi connectivity index (χ4v) is 14.4. The van der Waals surface area contributed by atoms with Crippen LogP contribution in [0.1, 0.15) is 22.3 Å². The van der Waals surface area contributed by atoms with Gasteiger partial charge in [0.2, 0.25) is 0 Å². The molecule has 14 aromatic rings. The molecule has 76 heavy (non-hydrogen) atoms. The van der Waals surface area contributed by atoms with E-state index in [4.69, 9.17) is 0 Å². The van der Waals surface area contributed by atoms with E-state index < -0.39 is 5.41 Å². The first-order valence-electron chi connectivity index (χ1n) is 26.2. The van der Waals surface area contributed by atoms with Crippen LogP contribution in [-0.2, 0) is 5.41 Å². The van der Waals surface area contributed by atoms with Gasteiger partial charge in [-0.1, -0.05) is 206 Å². The minimum Gasteiger partial charge on any atom is -0.310 e. The maximum atomic E-state index is 2.49. The van der Waals surface area contributed by atoms with Gasteiger partial charge in [0.05, 0.1) is 22.1 Å². The Kier molecular flexibility index (Phi) is 9.45. The third-order valence-electron chi connectivity index (χ3n) is 16.4. The van der Waals surface area contributed by atoms with Gasteiger partial charge in [0.1, 0.15) is 0 Å². The van der Waals surface area contributed by atoms with E-state index in [1.165, 1.54) is 120 Å². The highest BCUT2D eigenvalue weighted by Gasteiger charge is 2.51. The average Bonchev–Trinajstić information content (AvgIpc) is 4.35. The van der Waals surface area contributed by atoms with Crippen molar-refractivity contribution < 1.29 is 0 Å². The van der Waals surface area contributed by atoms with Crippen molar-refractivity contribution in [3.8, 4) is 61.3 Å². The van der Waals surface area contributed by atoms with E-state index in [2.05, 4.69) is 289 Å². The molecule has 2 heterocycles. The SMILES string of the molecule is c1ccc(-c2ccc(N(c3cccc(-c4ccccc4-c4ccc5c(c4)c4ccccc4n5-c4cccc5sc6ccccc6c45)c3)c3ccc4c(c3)C3(c5ccccc5-c5ccccc53)c3ccccc3-4)cc2)cc1. The molecule has 0 saturated carbocycles. The van der Waals surface area contributed by atoms with Crippen LogP contribution in [0.2, 0.25) is 0 Å². The topological polar surface area (TPSA) is 8.17 Å². The monoisotopic (exact) mass is 982 g/mol. The van der Waals surface area contributed by atoms with Crippen molar-refractivity contribution in [3.05, 3.63) is 301 Å². The number of hydrogen-bond donors (Lipinski definition) is 0. The average molecular weight is 983 g/mol. The first-order valence-corrected chi connectivity index (χ1v) is 27.1. The standard InChI is InChI=1S/C73H46N2S/c1-2-18-47(19-3-1)48-36-39-51(40-37-48)74(53-41-42-59-58-26-8-13-31-65(58)73(66(59)46-53)63-29-11-6-24-56(63)57-25-7-12-30-64(57)73)52-21-16-20-49(44-52)54-22-4-5-23-55(54)50-38-43-68-62(45-50)60-27-9-14-32-67(60)75(68)69-33-17-35-71-72(69)61-28-10-15-34-70(61)76-71/h1-46H. The summed E-state index contributed by atoms with van der Waals surface area (Å²) in [7, 11) is 0. The maximum absolute atomic E-state index is 2.49. The Morgan fingerprint density at radius 2 is 0.789 bits per heavy atom. The van der Waals surface area contributed by atoms with Crippen molar-refractivity contribution in [3.63, 3.8) is 0 Å². The molecule has 0 saturated heterocycles. The largest absolute Gasteiger partial charge is 0.310 e. The normalized spacial score (nSPS) is 12.8. The van der Waals surface area contributed by atoms with Gasteiger partial charge >= 0.3 is 0 Å². The van der Waals surface area contributed by atoms with Crippen LogP contribution in [0.3, 0.4) is 0 Å². The number of benzene rings is 12. The molecule has 354 valence electrons. The first-order chi connectivity index (χ1) is 37.7. The van der Waals surface area contributed by atoms with Crippen LogP contribution in [0.5, 0.6) is 0 Å². The highest BCUT2D eigenvalue weighted by molar-refractivity contribution is 7.25. The van der Waals surface area contributed by atoms with Crippen molar-refractivity contribution in [2.45, 2.75) is 5.41 Å². The summed E-state index contributed by atoms with van der Waals surface area (Å²) in [6.45, 7) is 0. The van der Waals surface area contributed by atoms with Crippen LogP contribution in [0.15, 0.2) is 279 Å². The molecule has 0 radical (unpaired) electrons. The molecule has 2 aromatic heterocycles. The number of rotatable bonds is 7. The van der Waals surface area contributed by atoms with Crippen LogP contribution >= 0.6 is 11.3 Å². The van der Waals surface area contributed by atoms with Crippen LogP contribution < -0.4 is 4.90 Å². The molecule has 2 nitrogen and oxygen atoms in total. The lowest BCUT2D eigenvalue weighted by Gasteiger charge is -2.32. The van der Waals surface area contributed by atoms with E-state index in [-0.39, 0.29) is 0 Å². The molecule has 0 amide bonds. The molecule has 3 heteroatoms. The van der Waals surface area contributed by atoms with E-state index in [0.717, 1.165) is 22.6 Å². The van der Waals surface area contributed by atoms with Crippen molar-refractivity contribution in [2.75, 3.05) is 4.90 Å². The Labute approximate surface area is 445 Å². The Morgan fingerprint density at radius 1 is 0.289 bits per heavy atom. The number of hydrogen-bond acceptors (Lipinski definition) is 2. The molecule has 0 N–H and O–H groups in total. The van der Waals surface area contributed by atoms with Gasteiger partial charge in [0, 0.05) is 48.0 Å². The van der Waals surface area contributed by atoms with E-state index in [0.29, 0.717) is 0 Å². The summed E-state index contributed by atoms with van der Waals surface area (Å²) < 4.78 is 5.10. The summed E-state index contributed by atoms with van der Waals surface area (Å²) in [5.41, 5.74) is 24.1. The molecule has 0 aliphatic heterocycles. The van der Waals surface area contributed by atoms with Crippen LogP contribution in [0.25, 0.3) is 103 Å². The summed E-state index contributed by atoms with van der Waals surface area (Å²) in [6, 6.07) is 104. The summed E-state index contributed by atoms with van der Waals surface area (Å²) in [4.78, 5) is 2.46. The zero-order chi connectivity index (χ0) is 49.9. The van der Waals surface area contributed by atoms with Gasteiger partial charge in [0.25, 0.3) is 0 Å². The smallest absolute Gasteiger partial charge is 0.0726 e. The summed E-state index contributed by atoms with van der Waals surface area (Å²) in [5, 5.41) is 5.09. The number of anilines is 3. The number of para-hydroxylation sites is 1. The highest BCUT2D eigenvalue weighted by Crippen LogP contribution is 2.63. The second-order valence-corrected chi connectivity index (χ2v) is 21.4. The number of fused-ring (bicyclic) bond motifs is 16. The van der Waals surface area contributed by atoms with Gasteiger partial charge < -0.3 is 9.47 Å².